The summed E-state index contributed by atoms with van der Waals surface area (Å²) in [6.45, 7) is 0. The van der Waals surface area contributed by atoms with Crippen molar-refractivity contribution in [2.24, 2.45) is 0 Å². The first-order valence-corrected chi connectivity index (χ1v) is 4.47. The molecular formula is C7H8N6O5. The van der Waals surface area contributed by atoms with Crippen LogP contribution in [0.2, 0.25) is 0 Å². The van der Waals surface area contributed by atoms with Crippen LogP contribution in [0.4, 0.5) is 10.5 Å². The van der Waals surface area contributed by atoms with Crippen molar-refractivity contribution in [3.63, 3.8) is 0 Å². The van der Waals surface area contributed by atoms with Crippen LogP contribution in [-0.4, -0.2) is 21.3 Å². The maximum absolute atomic E-state index is 11.1. The molecule has 0 bridgehead atoms. The smallest absolute Gasteiger partial charge is 0.297 e. The molecule has 96 valence electrons. The molecular weight excluding hydrogens is 248 g/mol. The Kier molecular flexibility index (Phi) is 4.20. The highest BCUT2D eigenvalue weighted by molar-refractivity contribution is 5.74. The minimum atomic E-state index is -1.39. The van der Waals surface area contributed by atoms with E-state index in [0.717, 1.165) is 0 Å². The first kappa shape index (κ1) is 13.0. The second-order valence-electron chi connectivity index (χ2n) is 2.82. The first-order valence-electron chi connectivity index (χ1n) is 4.47. The summed E-state index contributed by atoms with van der Waals surface area (Å²) in [5, 5.41) is 16.9. The molecule has 0 saturated carbocycles. The fraction of sp³-hybridized carbons (Fsp3) is 0. The van der Waals surface area contributed by atoms with E-state index in [-0.39, 0.29) is 0 Å². The van der Waals surface area contributed by atoms with Gasteiger partial charge < -0.3 is 0 Å². The molecule has 11 heteroatoms. The molecule has 1 aromatic carbocycles. The maximum atomic E-state index is 11.1. The van der Waals surface area contributed by atoms with Gasteiger partial charge in [-0.1, -0.05) is 18.2 Å². The second-order valence-corrected chi connectivity index (χ2v) is 2.82. The summed E-state index contributed by atoms with van der Waals surface area (Å²) in [4.78, 5) is 31.5. The van der Waals surface area contributed by atoms with E-state index in [2.05, 4.69) is 5.43 Å². The van der Waals surface area contributed by atoms with Gasteiger partial charge in [0.2, 0.25) is 10.1 Å². The van der Waals surface area contributed by atoms with Gasteiger partial charge >= 0.3 is 6.03 Å². The van der Waals surface area contributed by atoms with Crippen molar-refractivity contribution in [3.8, 4) is 0 Å². The summed E-state index contributed by atoms with van der Waals surface area (Å²) in [5.74, 6) is 0. The zero-order valence-corrected chi connectivity index (χ0v) is 8.77. The molecule has 3 N–H and O–H groups in total. The van der Waals surface area contributed by atoms with Crippen molar-refractivity contribution in [1.29, 1.82) is 0 Å². The van der Waals surface area contributed by atoms with Crippen LogP contribution in [0.5, 0.6) is 0 Å². The predicted octanol–water partition coefficient (Wildman–Crippen LogP) is -0.0869. The van der Waals surface area contributed by atoms with Crippen LogP contribution in [0.15, 0.2) is 30.3 Å². The summed E-state index contributed by atoms with van der Waals surface area (Å²) in [6.07, 6.45) is 0. The van der Waals surface area contributed by atoms with Crippen LogP contribution < -0.4 is 16.3 Å². The number of nitrogens with zero attached hydrogens (tertiary/aromatic N) is 3. The summed E-state index contributed by atoms with van der Waals surface area (Å²) in [5.41, 5.74) is 6.29. The number of rotatable bonds is 5. The normalized spacial score (nSPS) is 9.11. The van der Waals surface area contributed by atoms with E-state index >= 15 is 0 Å². The van der Waals surface area contributed by atoms with E-state index in [4.69, 9.17) is 0 Å². The van der Waals surface area contributed by atoms with Gasteiger partial charge in [0.15, 0.2) is 0 Å². The van der Waals surface area contributed by atoms with Gasteiger partial charge in [-0.3, -0.25) is 5.43 Å². The van der Waals surface area contributed by atoms with Crippen LogP contribution in [-0.2, 0) is 0 Å². The Hall–Kier alpha value is -3.11. The minimum Gasteiger partial charge on any atom is -0.297 e. The van der Waals surface area contributed by atoms with Crippen molar-refractivity contribution in [3.05, 3.63) is 50.6 Å². The lowest BCUT2D eigenvalue weighted by Gasteiger charge is -2.08. The number of hydrogen-bond acceptors (Lipinski definition) is 6. The van der Waals surface area contributed by atoms with Gasteiger partial charge in [-0.05, 0) is 12.1 Å². The number of nitrogens with one attached hydrogen (secondary N) is 3. The molecule has 0 heterocycles. The third-order valence-corrected chi connectivity index (χ3v) is 1.61. The maximum Gasteiger partial charge on any atom is 0.361 e. The van der Waals surface area contributed by atoms with Gasteiger partial charge in [0.25, 0.3) is 5.23 Å². The molecule has 0 aliphatic carbocycles. The van der Waals surface area contributed by atoms with Crippen molar-refractivity contribution in [2.75, 3.05) is 5.43 Å². The molecule has 0 unspecified atom stereocenters. The fourth-order valence-electron chi connectivity index (χ4n) is 0.910. The molecule has 1 aromatic rings. The van der Waals surface area contributed by atoms with Gasteiger partial charge in [-0.15, -0.1) is 5.43 Å². The number of nitro groups is 2. The number of carbonyl (C=O) groups excluding carboxylic acids is 1. The van der Waals surface area contributed by atoms with Gasteiger partial charge in [0, 0.05) is 0 Å². The molecule has 0 radical (unpaired) electrons. The van der Waals surface area contributed by atoms with Crippen LogP contribution in [0.25, 0.3) is 0 Å². The monoisotopic (exact) mass is 256 g/mol. The molecule has 0 aliphatic heterocycles. The lowest BCUT2D eigenvalue weighted by Crippen LogP contribution is -2.53. The summed E-state index contributed by atoms with van der Waals surface area (Å²) >= 11 is 0. The fourth-order valence-corrected chi connectivity index (χ4v) is 0.910. The number of hydrazine groups is 4. The van der Waals surface area contributed by atoms with Gasteiger partial charge in [0.05, 0.1) is 5.69 Å². The van der Waals surface area contributed by atoms with Gasteiger partial charge in [-0.25, -0.2) is 30.4 Å². The molecule has 2 amide bonds. The Morgan fingerprint density at radius 3 is 2.17 bits per heavy atom. The lowest BCUT2D eigenvalue weighted by molar-refractivity contribution is -0.918. The first-order chi connectivity index (χ1) is 8.50. The SMILES string of the molecule is O=C(NNc1ccccc1)NN([N+](=O)[O-])[N+](=O)[O-]. The number of urea groups is 1. The summed E-state index contributed by atoms with van der Waals surface area (Å²) in [7, 11) is 0. The van der Waals surface area contributed by atoms with Crippen LogP contribution in [0.3, 0.4) is 0 Å². The highest BCUT2D eigenvalue weighted by atomic mass is 16.8. The molecule has 0 aromatic heterocycles. The van der Waals surface area contributed by atoms with E-state index in [1.807, 2.05) is 5.43 Å². The highest BCUT2D eigenvalue weighted by Crippen LogP contribution is 2.02. The largest absolute Gasteiger partial charge is 0.361 e. The highest BCUT2D eigenvalue weighted by Gasteiger charge is 2.29. The molecule has 0 fully saturated rings. The second kappa shape index (κ2) is 5.83. The van der Waals surface area contributed by atoms with E-state index in [9.17, 15) is 25.0 Å². The minimum absolute atomic E-state index is 0.501. The molecule has 18 heavy (non-hydrogen) atoms. The Labute approximate surface area is 99.6 Å². The number of carbonyl (C=O) groups is 1. The Morgan fingerprint density at radius 1 is 1.11 bits per heavy atom. The van der Waals surface area contributed by atoms with E-state index in [1.54, 1.807) is 30.3 Å². The predicted molar refractivity (Wildman–Crippen MR) is 57.6 cm³/mol. The van der Waals surface area contributed by atoms with E-state index in [0.29, 0.717) is 5.69 Å². The average Bonchev–Trinajstić information content (AvgIpc) is 2.34. The quantitative estimate of drug-likeness (QED) is 0.493. The number of anilines is 1. The van der Waals surface area contributed by atoms with Crippen molar-refractivity contribution in [2.45, 2.75) is 0 Å². The van der Waals surface area contributed by atoms with Crippen molar-refractivity contribution < 1.29 is 14.9 Å². The van der Waals surface area contributed by atoms with E-state index < -0.39 is 21.3 Å². The molecule has 0 atom stereocenters. The number of benzene rings is 1. The topological polar surface area (TPSA) is 143 Å². The number of para-hydroxylation sites is 1. The van der Waals surface area contributed by atoms with Gasteiger partial charge in [0.1, 0.15) is 0 Å². The zero-order valence-electron chi connectivity index (χ0n) is 8.77. The summed E-state index contributed by atoms with van der Waals surface area (Å²) < 4.78 is 0. The standard InChI is InChI=1S/C7H8N6O5/c14-7(10-11(12(15)16)13(17)18)9-8-6-4-2-1-3-5-6/h1-5,8H,(H2,9,10,14). The van der Waals surface area contributed by atoms with Crippen molar-refractivity contribution >= 4 is 11.7 Å². The summed E-state index contributed by atoms with van der Waals surface area (Å²) in [6, 6.07) is 7.17. The molecule has 11 nitrogen and oxygen atoms in total. The molecule has 1 rings (SSSR count). The third kappa shape index (κ3) is 3.80. The Morgan fingerprint density at radius 2 is 1.67 bits per heavy atom. The molecule has 0 saturated heterocycles. The van der Waals surface area contributed by atoms with E-state index in [1.165, 1.54) is 5.43 Å². The van der Waals surface area contributed by atoms with Crippen LogP contribution in [0.1, 0.15) is 0 Å². The number of hydrogen-bond donors (Lipinski definition) is 3. The Balaban J connectivity index is 2.46. The lowest BCUT2D eigenvalue weighted by atomic mass is 10.3. The van der Waals surface area contributed by atoms with Crippen LogP contribution in [0, 0.1) is 20.2 Å². The molecule has 0 aliphatic rings. The Bertz CT molecular complexity index is 437. The average molecular weight is 256 g/mol. The van der Waals surface area contributed by atoms with Crippen molar-refractivity contribution in [1.82, 2.24) is 16.1 Å². The third-order valence-electron chi connectivity index (χ3n) is 1.61. The van der Waals surface area contributed by atoms with Gasteiger partial charge in [-0.2, -0.15) is 0 Å². The zero-order chi connectivity index (χ0) is 13.5. The van der Waals surface area contributed by atoms with Crippen LogP contribution >= 0.6 is 0 Å². The number of amides is 2. The molecule has 0 spiro atoms.